The molecule has 0 aliphatic rings. The van der Waals surface area contributed by atoms with Gasteiger partial charge in [-0.05, 0) is 42.3 Å². The van der Waals surface area contributed by atoms with E-state index >= 15 is 0 Å². The van der Waals surface area contributed by atoms with Gasteiger partial charge >= 0.3 is 6.03 Å². The summed E-state index contributed by atoms with van der Waals surface area (Å²) in [5, 5.41) is 5.04. The van der Waals surface area contributed by atoms with Crippen molar-refractivity contribution in [3.05, 3.63) is 65.2 Å². The average molecular weight is 319 g/mol. The largest absolute Gasteiger partial charge is 0.366 e. The summed E-state index contributed by atoms with van der Waals surface area (Å²) in [6.07, 6.45) is 0.459. The molecule has 0 bridgehead atoms. The van der Waals surface area contributed by atoms with Crippen LogP contribution in [0.4, 0.5) is 19.3 Å². The van der Waals surface area contributed by atoms with E-state index in [0.717, 1.165) is 17.7 Å². The molecule has 0 heterocycles. The highest BCUT2D eigenvalue weighted by Gasteiger charge is 2.10. The number of nitrogens with one attached hydrogen (secondary N) is 2. The minimum absolute atomic E-state index is 0.239. The van der Waals surface area contributed by atoms with Crippen LogP contribution < -0.4 is 16.4 Å². The van der Waals surface area contributed by atoms with E-state index in [1.54, 1.807) is 12.1 Å². The number of halogens is 2. The summed E-state index contributed by atoms with van der Waals surface area (Å²) >= 11 is 0. The molecule has 4 N–H and O–H groups in total. The summed E-state index contributed by atoms with van der Waals surface area (Å²) in [6.45, 7) is 0.291. The number of carbonyl (C=O) groups is 2. The zero-order valence-electron chi connectivity index (χ0n) is 12.1. The van der Waals surface area contributed by atoms with Crippen molar-refractivity contribution in [2.75, 3.05) is 11.9 Å². The molecule has 0 atom stereocenters. The fraction of sp³-hybridized carbons (Fsp3) is 0.125. The Hall–Kier alpha value is -2.96. The Bertz CT molecular complexity index is 735. The highest BCUT2D eigenvalue weighted by atomic mass is 19.1. The molecule has 0 aliphatic carbocycles. The van der Waals surface area contributed by atoms with E-state index in [9.17, 15) is 18.4 Å². The van der Waals surface area contributed by atoms with Crippen LogP contribution in [-0.2, 0) is 6.42 Å². The zero-order chi connectivity index (χ0) is 16.8. The summed E-state index contributed by atoms with van der Waals surface area (Å²) in [5.41, 5.74) is 5.72. The molecular weight excluding hydrogens is 304 g/mol. The van der Waals surface area contributed by atoms with Crippen LogP contribution in [0, 0.1) is 11.6 Å². The summed E-state index contributed by atoms with van der Waals surface area (Å²) < 4.78 is 26.3. The number of nitrogens with two attached hydrogens (primary N) is 1. The van der Waals surface area contributed by atoms with Crippen molar-refractivity contribution in [2.45, 2.75) is 6.42 Å². The Kier molecular flexibility index (Phi) is 5.24. The van der Waals surface area contributed by atoms with Crippen molar-refractivity contribution >= 4 is 17.6 Å². The standard InChI is InChI=1S/C16H15F2N3O2/c17-11-3-1-2-10(8-11)6-7-20-16(23)21-12-4-5-14(18)13(9-12)15(19)22/h1-5,8-9H,6-7H2,(H2,19,22)(H2,20,21,23). The van der Waals surface area contributed by atoms with Gasteiger partial charge < -0.3 is 16.4 Å². The highest BCUT2D eigenvalue weighted by Crippen LogP contribution is 2.14. The van der Waals surface area contributed by atoms with Gasteiger partial charge in [0.2, 0.25) is 0 Å². The minimum atomic E-state index is -0.919. The third-order valence-electron chi connectivity index (χ3n) is 3.08. The number of primary amides is 1. The number of rotatable bonds is 5. The van der Waals surface area contributed by atoms with E-state index in [2.05, 4.69) is 10.6 Å². The van der Waals surface area contributed by atoms with E-state index < -0.39 is 17.8 Å². The second-order valence-corrected chi connectivity index (χ2v) is 4.82. The molecule has 2 aromatic rings. The normalized spacial score (nSPS) is 10.2. The van der Waals surface area contributed by atoms with Crippen molar-refractivity contribution in [1.29, 1.82) is 0 Å². The summed E-state index contributed by atoms with van der Waals surface area (Å²) in [6, 6.07) is 9.06. The molecule has 0 fully saturated rings. The lowest BCUT2D eigenvalue weighted by Gasteiger charge is -2.09. The van der Waals surface area contributed by atoms with E-state index in [1.165, 1.54) is 18.2 Å². The number of anilines is 1. The van der Waals surface area contributed by atoms with Crippen LogP contribution >= 0.6 is 0 Å². The van der Waals surface area contributed by atoms with Gasteiger partial charge in [0.25, 0.3) is 5.91 Å². The molecule has 2 aromatic carbocycles. The summed E-state index contributed by atoms with van der Waals surface area (Å²) in [4.78, 5) is 22.8. The van der Waals surface area contributed by atoms with Crippen LogP contribution in [0.1, 0.15) is 15.9 Å². The van der Waals surface area contributed by atoms with Gasteiger partial charge in [-0.2, -0.15) is 0 Å². The number of hydrogen-bond acceptors (Lipinski definition) is 2. The molecule has 3 amide bonds. The summed E-state index contributed by atoms with van der Waals surface area (Å²) in [5.74, 6) is -2.01. The molecule has 0 radical (unpaired) electrons. The molecule has 0 saturated carbocycles. The molecule has 0 aliphatic heterocycles. The lowest BCUT2D eigenvalue weighted by Crippen LogP contribution is -2.30. The van der Waals surface area contributed by atoms with Crippen LogP contribution in [0.15, 0.2) is 42.5 Å². The number of urea groups is 1. The fourth-order valence-corrected chi connectivity index (χ4v) is 1.98. The number of hydrogen-bond donors (Lipinski definition) is 3. The maximum Gasteiger partial charge on any atom is 0.319 e. The molecule has 0 unspecified atom stereocenters. The van der Waals surface area contributed by atoms with Gasteiger partial charge in [0.15, 0.2) is 0 Å². The van der Waals surface area contributed by atoms with Gasteiger partial charge in [0, 0.05) is 12.2 Å². The predicted octanol–water partition coefficient (Wildman–Crippen LogP) is 2.43. The molecule has 120 valence electrons. The molecule has 23 heavy (non-hydrogen) atoms. The molecule has 0 saturated heterocycles. The van der Waals surface area contributed by atoms with Gasteiger partial charge in [0.05, 0.1) is 5.56 Å². The maximum absolute atomic E-state index is 13.3. The Morgan fingerprint density at radius 3 is 2.57 bits per heavy atom. The first kappa shape index (κ1) is 16.4. The van der Waals surface area contributed by atoms with Crippen LogP contribution in [0.25, 0.3) is 0 Å². The Morgan fingerprint density at radius 1 is 1.09 bits per heavy atom. The molecule has 0 spiro atoms. The summed E-state index contributed by atoms with van der Waals surface area (Å²) in [7, 11) is 0. The second-order valence-electron chi connectivity index (χ2n) is 4.82. The first-order valence-corrected chi connectivity index (χ1v) is 6.84. The zero-order valence-corrected chi connectivity index (χ0v) is 12.1. The van der Waals surface area contributed by atoms with Gasteiger partial charge in [-0.15, -0.1) is 0 Å². The van der Waals surface area contributed by atoms with Gasteiger partial charge in [-0.3, -0.25) is 4.79 Å². The Balaban J connectivity index is 1.87. The van der Waals surface area contributed by atoms with Crippen molar-refractivity contribution < 1.29 is 18.4 Å². The van der Waals surface area contributed by atoms with Gasteiger partial charge in [0.1, 0.15) is 11.6 Å². The molecule has 2 rings (SSSR count). The molecule has 0 aromatic heterocycles. The quantitative estimate of drug-likeness (QED) is 0.791. The van der Waals surface area contributed by atoms with Crippen molar-refractivity contribution in [1.82, 2.24) is 5.32 Å². The first-order chi connectivity index (χ1) is 11.0. The molecule has 5 nitrogen and oxygen atoms in total. The molecule has 7 heteroatoms. The average Bonchev–Trinajstić information content (AvgIpc) is 2.49. The maximum atomic E-state index is 13.3. The fourth-order valence-electron chi connectivity index (χ4n) is 1.98. The smallest absolute Gasteiger partial charge is 0.319 e. The van der Waals surface area contributed by atoms with Crippen LogP contribution in [0.5, 0.6) is 0 Å². The van der Waals surface area contributed by atoms with Gasteiger partial charge in [-0.1, -0.05) is 12.1 Å². The second kappa shape index (κ2) is 7.35. The van der Waals surface area contributed by atoms with Crippen molar-refractivity contribution in [3.63, 3.8) is 0 Å². The van der Waals surface area contributed by atoms with Crippen molar-refractivity contribution in [3.8, 4) is 0 Å². The minimum Gasteiger partial charge on any atom is -0.366 e. The highest BCUT2D eigenvalue weighted by molar-refractivity contribution is 5.96. The van der Waals surface area contributed by atoms with Gasteiger partial charge in [-0.25, -0.2) is 13.6 Å². The lowest BCUT2D eigenvalue weighted by molar-refractivity contribution is 0.0996. The van der Waals surface area contributed by atoms with E-state index in [0.29, 0.717) is 13.0 Å². The van der Waals surface area contributed by atoms with E-state index in [1.807, 2.05) is 0 Å². The Morgan fingerprint density at radius 2 is 1.87 bits per heavy atom. The van der Waals surface area contributed by atoms with Crippen LogP contribution in [-0.4, -0.2) is 18.5 Å². The topological polar surface area (TPSA) is 84.2 Å². The SMILES string of the molecule is NC(=O)c1cc(NC(=O)NCCc2cccc(F)c2)ccc1F. The lowest BCUT2D eigenvalue weighted by atomic mass is 10.1. The Labute approximate surface area is 131 Å². The van der Waals surface area contributed by atoms with Crippen molar-refractivity contribution in [2.24, 2.45) is 5.73 Å². The monoisotopic (exact) mass is 319 g/mol. The number of amides is 3. The third-order valence-corrected chi connectivity index (χ3v) is 3.08. The number of carbonyl (C=O) groups excluding carboxylic acids is 2. The van der Waals surface area contributed by atoms with E-state index in [-0.39, 0.29) is 17.1 Å². The predicted molar refractivity (Wildman–Crippen MR) is 82.0 cm³/mol. The number of benzene rings is 2. The van der Waals surface area contributed by atoms with Crippen LogP contribution in [0.3, 0.4) is 0 Å². The molecular formula is C16H15F2N3O2. The third kappa shape index (κ3) is 4.77. The van der Waals surface area contributed by atoms with Crippen LogP contribution in [0.2, 0.25) is 0 Å². The first-order valence-electron chi connectivity index (χ1n) is 6.84. The van der Waals surface area contributed by atoms with E-state index in [4.69, 9.17) is 5.73 Å².